The van der Waals surface area contributed by atoms with Crippen LogP contribution in [0, 0.1) is 0 Å². The summed E-state index contributed by atoms with van der Waals surface area (Å²) in [5.74, 6) is 0.695. The van der Waals surface area contributed by atoms with E-state index in [1.54, 1.807) is 6.33 Å². The summed E-state index contributed by atoms with van der Waals surface area (Å²) in [4.78, 5) is 4.15. The van der Waals surface area contributed by atoms with Crippen molar-refractivity contribution in [2.45, 2.75) is 51.5 Å². The van der Waals surface area contributed by atoms with E-state index in [-0.39, 0.29) is 12.1 Å². The molecule has 2 rings (SSSR count). The Balaban J connectivity index is 1.93. The van der Waals surface area contributed by atoms with Crippen molar-refractivity contribution in [3.8, 4) is 0 Å². The molecule has 0 amide bonds. The second-order valence-corrected chi connectivity index (χ2v) is 4.26. The molecule has 1 aromatic rings. The van der Waals surface area contributed by atoms with E-state index in [1.165, 1.54) is 0 Å². The molecule has 0 radical (unpaired) electrons. The van der Waals surface area contributed by atoms with Crippen LogP contribution in [0.1, 0.15) is 38.6 Å². The topological polar surface area (TPSA) is 66.0 Å². The summed E-state index contributed by atoms with van der Waals surface area (Å²) in [5, 5.41) is 4.30. The Hall–Kier alpha value is -0.940. The summed E-state index contributed by atoms with van der Waals surface area (Å²) >= 11 is 0. The van der Waals surface area contributed by atoms with Crippen molar-refractivity contribution in [2.75, 3.05) is 0 Å². The van der Waals surface area contributed by atoms with Crippen LogP contribution >= 0.6 is 0 Å². The predicted molar refractivity (Wildman–Crippen MR) is 56.2 cm³/mol. The van der Waals surface area contributed by atoms with Gasteiger partial charge in [0.15, 0.2) is 5.82 Å². The van der Waals surface area contributed by atoms with E-state index in [1.807, 2.05) is 11.6 Å². The molecule has 0 saturated carbocycles. The maximum atomic E-state index is 5.72. The minimum Gasteiger partial charge on any atom is -0.373 e. The highest BCUT2D eigenvalue weighted by molar-refractivity contribution is 4.88. The van der Waals surface area contributed by atoms with E-state index in [0.717, 1.165) is 19.4 Å². The molecular weight excluding hydrogens is 192 g/mol. The largest absolute Gasteiger partial charge is 0.373 e. The number of aromatic nitrogens is 3. The minimum atomic E-state index is -0.102. The van der Waals surface area contributed by atoms with Crippen molar-refractivity contribution in [3.63, 3.8) is 0 Å². The number of hydrogen-bond acceptors (Lipinski definition) is 4. The van der Waals surface area contributed by atoms with Gasteiger partial charge >= 0.3 is 0 Å². The van der Waals surface area contributed by atoms with Gasteiger partial charge in [-0.05, 0) is 26.7 Å². The molecule has 5 nitrogen and oxygen atoms in total. The average Bonchev–Trinajstić information content (AvgIpc) is 2.76. The number of rotatable bonds is 3. The maximum Gasteiger partial charge on any atom is 0.166 e. The predicted octanol–water partition coefficient (Wildman–Crippen LogP) is 0.865. The Labute approximate surface area is 89.6 Å². The molecule has 1 saturated heterocycles. The van der Waals surface area contributed by atoms with Crippen LogP contribution in [-0.4, -0.2) is 27.0 Å². The molecule has 2 N–H and O–H groups in total. The third-order valence-corrected chi connectivity index (χ3v) is 2.67. The van der Waals surface area contributed by atoms with Crippen molar-refractivity contribution in [1.29, 1.82) is 0 Å². The molecule has 0 aromatic carbocycles. The molecule has 1 aromatic heterocycles. The van der Waals surface area contributed by atoms with E-state index >= 15 is 0 Å². The zero-order valence-electron chi connectivity index (χ0n) is 9.26. The van der Waals surface area contributed by atoms with E-state index in [9.17, 15) is 0 Å². The lowest BCUT2D eigenvalue weighted by Crippen LogP contribution is -2.17. The summed E-state index contributed by atoms with van der Waals surface area (Å²) in [6.45, 7) is 4.77. The summed E-state index contributed by atoms with van der Waals surface area (Å²) in [6, 6.07) is -0.102. The van der Waals surface area contributed by atoms with Gasteiger partial charge in [0.1, 0.15) is 6.33 Å². The first kappa shape index (κ1) is 10.6. The van der Waals surface area contributed by atoms with Crippen molar-refractivity contribution >= 4 is 0 Å². The summed E-state index contributed by atoms with van der Waals surface area (Å²) in [7, 11) is 0. The monoisotopic (exact) mass is 210 g/mol. The molecule has 1 fully saturated rings. The van der Waals surface area contributed by atoms with Crippen LogP contribution < -0.4 is 5.73 Å². The molecule has 3 unspecified atom stereocenters. The Morgan fingerprint density at radius 3 is 3.00 bits per heavy atom. The smallest absolute Gasteiger partial charge is 0.166 e. The van der Waals surface area contributed by atoms with Crippen LogP contribution in [0.2, 0.25) is 0 Å². The highest BCUT2D eigenvalue weighted by Gasteiger charge is 2.22. The SMILES string of the molecule is CC1CCC(Cn2cnc(C(C)N)n2)O1. The van der Waals surface area contributed by atoms with Gasteiger partial charge < -0.3 is 10.5 Å². The van der Waals surface area contributed by atoms with Crippen LogP contribution in [-0.2, 0) is 11.3 Å². The Bertz CT molecular complexity index is 323. The molecular formula is C10H18N4O. The summed E-state index contributed by atoms with van der Waals surface area (Å²) in [5.41, 5.74) is 5.69. The zero-order valence-corrected chi connectivity index (χ0v) is 9.26. The third-order valence-electron chi connectivity index (χ3n) is 2.67. The highest BCUT2D eigenvalue weighted by atomic mass is 16.5. The molecule has 1 aliphatic rings. The van der Waals surface area contributed by atoms with Crippen molar-refractivity contribution < 1.29 is 4.74 Å². The molecule has 0 spiro atoms. The van der Waals surface area contributed by atoms with Crippen molar-refractivity contribution in [2.24, 2.45) is 5.73 Å². The molecule has 1 aliphatic heterocycles. The molecule has 2 heterocycles. The fourth-order valence-corrected chi connectivity index (χ4v) is 1.83. The minimum absolute atomic E-state index is 0.102. The Morgan fingerprint density at radius 2 is 2.47 bits per heavy atom. The van der Waals surface area contributed by atoms with Gasteiger partial charge in [-0.1, -0.05) is 0 Å². The van der Waals surface area contributed by atoms with E-state index < -0.39 is 0 Å². The van der Waals surface area contributed by atoms with Crippen molar-refractivity contribution in [1.82, 2.24) is 14.8 Å². The van der Waals surface area contributed by atoms with Gasteiger partial charge in [-0.25, -0.2) is 4.98 Å². The lowest BCUT2D eigenvalue weighted by Gasteiger charge is -2.10. The first-order valence-corrected chi connectivity index (χ1v) is 5.45. The number of ether oxygens (including phenoxy) is 1. The number of nitrogens with two attached hydrogens (primary N) is 1. The van der Waals surface area contributed by atoms with Gasteiger partial charge in [-0.3, -0.25) is 4.68 Å². The zero-order chi connectivity index (χ0) is 10.8. The molecule has 0 bridgehead atoms. The van der Waals surface area contributed by atoms with Crippen LogP contribution in [0.5, 0.6) is 0 Å². The standard InChI is InChI=1S/C10H18N4O/c1-7-3-4-9(15-7)5-14-6-12-10(13-14)8(2)11/h6-9H,3-5,11H2,1-2H3. The Morgan fingerprint density at radius 1 is 1.67 bits per heavy atom. The van der Waals surface area contributed by atoms with E-state index in [2.05, 4.69) is 17.0 Å². The average molecular weight is 210 g/mol. The molecule has 5 heteroatoms. The van der Waals surface area contributed by atoms with Gasteiger partial charge in [0, 0.05) is 0 Å². The molecule has 84 valence electrons. The summed E-state index contributed by atoms with van der Waals surface area (Å²) in [6.07, 6.45) is 4.63. The quantitative estimate of drug-likeness (QED) is 0.803. The Kier molecular flexibility index (Phi) is 3.02. The summed E-state index contributed by atoms with van der Waals surface area (Å²) < 4.78 is 7.54. The van der Waals surface area contributed by atoms with E-state index in [0.29, 0.717) is 11.9 Å². The van der Waals surface area contributed by atoms with Crippen LogP contribution in [0.25, 0.3) is 0 Å². The maximum absolute atomic E-state index is 5.72. The third kappa shape index (κ3) is 2.54. The van der Waals surface area contributed by atoms with Crippen LogP contribution in [0.15, 0.2) is 6.33 Å². The molecule has 15 heavy (non-hydrogen) atoms. The lowest BCUT2D eigenvalue weighted by molar-refractivity contribution is 0.0435. The van der Waals surface area contributed by atoms with Crippen molar-refractivity contribution in [3.05, 3.63) is 12.2 Å². The molecule has 3 atom stereocenters. The van der Waals surface area contributed by atoms with Crippen LogP contribution in [0.3, 0.4) is 0 Å². The first-order valence-electron chi connectivity index (χ1n) is 5.45. The van der Waals surface area contributed by atoms with Crippen LogP contribution in [0.4, 0.5) is 0 Å². The van der Waals surface area contributed by atoms with E-state index in [4.69, 9.17) is 10.5 Å². The van der Waals surface area contributed by atoms with Gasteiger partial charge in [0.05, 0.1) is 24.8 Å². The van der Waals surface area contributed by atoms with Gasteiger partial charge in [0.2, 0.25) is 0 Å². The molecule has 0 aliphatic carbocycles. The van der Waals surface area contributed by atoms with Gasteiger partial charge in [-0.15, -0.1) is 0 Å². The lowest BCUT2D eigenvalue weighted by atomic mass is 10.2. The fourth-order valence-electron chi connectivity index (χ4n) is 1.83. The van der Waals surface area contributed by atoms with Gasteiger partial charge in [-0.2, -0.15) is 5.10 Å². The fraction of sp³-hybridized carbons (Fsp3) is 0.800. The number of nitrogens with zero attached hydrogens (tertiary/aromatic N) is 3. The normalized spacial score (nSPS) is 28.2. The second kappa shape index (κ2) is 4.28. The van der Waals surface area contributed by atoms with Gasteiger partial charge in [0.25, 0.3) is 0 Å². The first-order chi connectivity index (χ1) is 7.15. The second-order valence-electron chi connectivity index (χ2n) is 4.26. The number of hydrogen-bond donors (Lipinski definition) is 1. The highest BCUT2D eigenvalue weighted by Crippen LogP contribution is 2.20.